The topological polar surface area (TPSA) is 89.7 Å². The lowest BCUT2D eigenvalue weighted by atomic mass is 10.1. The lowest BCUT2D eigenvalue weighted by molar-refractivity contribution is 0.100. The number of nitrogens with zero attached hydrogens (tertiary/aromatic N) is 1. The van der Waals surface area contributed by atoms with E-state index in [9.17, 15) is 13.2 Å². The van der Waals surface area contributed by atoms with E-state index in [4.69, 9.17) is 10.6 Å². The molecule has 2 aromatic carbocycles. The molecule has 2 N–H and O–H groups in total. The van der Waals surface area contributed by atoms with E-state index in [1.165, 1.54) is 24.3 Å². The molecule has 0 bridgehead atoms. The largest absolute Gasteiger partial charge is 0.324 e. The van der Waals surface area contributed by atoms with Gasteiger partial charge in [-0.15, -0.1) is 16.9 Å². The first-order chi connectivity index (χ1) is 10.9. The predicted octanol–water partition coefficient (Wildman–Crippen LogP) is 2.15. The Hall–Kier alpha value is -1.93. The minimum atomic E-state index is -3.63. The van der Waals surface area contributed by atoms with E-state index in [1.807, 2.05) is 30.3 Å². The Bertz CT molecular complexity index is 764. The molecule has 130 valence electrons. The number of Topliss-reactive ketones (excluding diaryl/α,β-unsaturated/α-hetero) is 1. The fourth-order valence-corrected chi connectivity index (χ4v) is 2.70. The Morgan fingerprint density at radius 1 is 1.08 bits per heavy atom. The van der Waals surface area contributed by atoms with E-state index in [2.05, 4.69) is 0 Å². The second-order valence-corrected chi connectivity index (χ2v) is 6.72. The molecule has 2 rings (SSSR count). The standard InChI is InChI=1S/C16H18N2O4S.ClH/c1-23(20,21)18(22-12-13-5-3-2-4-6-13)15-9-7-14(8-10-15)16(19)11-17;/h2-10H,11-12,17H2,1H3;1H. The van der Waals surface area contributed by atoms with Crippen LogP contribution in [0.5, 0.6) is 0 Å². The second-order valence-electron chi connectivity index (χ2n) is 4.92. The van der Waals surface area contributed by atoms with Crippen LogP contribution in [0.3, 0.4) is 0 Å². The van der Waals surface area contributed by atoms with Crippen molar-refractivity contribution >= 4 is 33.9 Å². The van der Waals surface area contributed by atoms with Gasteiger partial charge in [0.15, 0.2) is 5.78 Å². The van der Waals surface area contributed by atoms with E-state index in [0.717, 1.165) is 16.3 Å². The third-order valence-electron chi connectivity index (χ3n) is 3.08. The molecular formula is C16H19ClN2O4S. The maximum atomic E-state index is 11.9. The van der Waals surface area contributed by atoms with Gasteiger partial charge in [-0.1, -0.05) is 30.3 Å². The molecule has 0 saturated heterocycles. The van der Waals surface area contributed by atoms with Gasteiger partial charge in [0.2, 0.25) is 0 Å². The number of benzene rings is 2. The molecule has 2 aromatic rings. The molecular weight excluding hydrogens is 352 g/mol. The van der Waals surface area contributed by atoms with Gasteiger partial charge in [-0.25, -0.2) is 8.42 Å². The van der Waals surface area contributed by atoms with Crippen LogP contribution < -0.4 is 10.2 Å². The van der Waals surface area contributed by atoms with Gasteiger partial charge < -0.3 is 5.73 Å². The number of carbonyl (C=O) groups is 1. The first kappa shape index (κ1) is 20.1. The highest BCUT2D eigenvalue weighted by molar-refractivity contribution is 7.91. The summed E-state index contributed by atoms with van der Waals surface area (Å²) in [7, 11) is -3.63. The first-order valence-corrected chi connectivity index (χ1v) is 8.77. The van der Waals surface area contributed by atoms with Crippen LogP contribution in [0.1, 0.15) is 15.9 Å². The molecule has 0 aliphatic carbocycles. The summed E-state index contributed by atoms with van der Waals surface area (Å²) in [4.78, 5) is 17.0. The van der Waals surface area contributed by atoms with Crippen molar-refractivity contribution in [3.8, 4) is 0 Å². The third-order valence-corrected chi connectivity index (χ3v) is 4.00. The molecule has 0 radical (unpaired) electrons. The number of rotatable bonds is 7. The maximum Gasteiger partial charge on any atom is 0.254 e. The van der Waals surface area contributed by atoms with E-state index in [0.29, 0.717) is 11.3 Å². The molecule has 0 amide bonds. The summed E-state index contributed by atoms with van der Waals surface area (Å²) in [6.07, 6.45) is 1.05. The van der Waals surface area contributed by atoms with Gasteiger partial charge in [0.05, 0.1) is 18.5 Å². The summed E-state index contributed by atoms with van der Waals surface area (Å²) in [6.45, 7) is 0.0109. The van der Waals surface area contributed by atoms with Crippen LogP contribution in [-0.4, -0.2) is 27.0 Å². The number of halogens is 1. The van der Waals surface area contributed by atoms with Crippen LogP contribution in [0.4, 0.5) is 5.69 Å². The number of hydrogen-bond donors (Lipinski definition) is 1. The van der Waals surface area contributed by atoms with Crippen molar-refractivity contribution in [2.75, 3.05) is 17.3 Å². The number of nitrogens with two attached hydrogens (primary N) is 1. The van der Waals surface area contributed by atoms with E-state index >= 15 is 0 Å². The summed E-state index contributed by atoms with van der Waals surface area (Å²) in [5, 5.41) is 0. The summed E-state index contributed by atoms with van der Waals surface area (Å²) in [6, 6.07) is 15.3. The molecule has 8 heteroatoms. The van der Waals surface area contributed by atoms with Crippen molar-refractivity contribution in [2.45, 2.75) is 6.61 Å². The molecule has 0 unspecified atom stereocenters. The number of carbonyl (C=O) groups excluding carboxylic acids is 1. The highest BCUT2D eigenvalue weighted by Gasteiger charge is 2.19. The van der Waals surface area contributed by atoms with E-state index in [1.54, 1.807) is 0 Å². The molecule has 0 saturated carbocycles. The fraction of sp³-hybridized carbons (Fsp3) is 0.188. The third kappa shape index (κ3) is 5.31. The van der Waals surface area contributed by atoms with Crippen molar-refractivity contribution in [1.82, 2.24) is 0 Å². The molecule has 0 fully saturated rings. The molecule has 0 aliphatic rings. The molecule has 0 aromatic heterocycles. The summed E-state index contributed by atoms with van der Waals surface area (Å²) in [5.41, 5.74) is 6.89. The number of anilines is 1. The highest BCUT2D eigenvalue weighted by atomic mass is 35.5. The van der Waals surface area contributed by atoms with Crippen molar-refractivity contribution in [2.24, 2.45) is 5.73 Å². The average molecular weight is 371 g/mol. The van der Waals surface area contributed by atoms with Crippen LogP contribution >= 0.6 is 12.4 Å². The fourth-order valence-electron chi connectivity index (χ4n) is 1.96. The normalized spacial score (nSPS) is 10.8. The van der Waals surface area contributed by atoms with Crippen LogP contribution in [0.25, 0.3) is 0 Å². The van der Waals surface area contributed by atoms with Crippen molar-refractivity contribution in [3.05, 3.63) is 65.7 Å². The van der Waals surface area contributed by atoms with E-state index < -0.39 is 10.0 Å². The minimum Gasteiger partial charge on any atom is -0.324 e. The Morgan fingerprint density at radius 3 is 2.17 bits per heavy atom. The molecule has 6 nitrogen and oxygen atoms in total. The van der Waals surface area contributed by atoms with Crippen molar-refractivity contribution < 1.29 is 18.0 Å². The van der Waals surface area contributed by atoms with Crippen LogP contribution in [0, 0.1) is 0 Å². The summed E-state index contributed by atoms with van der Waals surface area (Å²) >= 11 is 0. The molecule has 0 atom stereocenters. The van der Waals surface area contributed by atoms with Crippen LogP contribution in [-0.2, 0) is 21.5 Å². The van der Waals surface area contributed by atoms with Gasteiger partial charge in [-0.05, 0) is 29.8 Å². The Morgan fingerprint density at radius 2 is 1.67 bits per heavy atom. The van der Waals surface area contributed by atoms with Crippen LogP contribution in [0.15, 0.2) is 54.6 Å². The average Bonchev–Trinajstić information content (AvgIpc) is 2.54. The van der Waals surface area contributed by atoms with Crippen molar-refractivity contribution in [3.63, 3.8) is 0 Å². The SMILES string of the molecule is CS(=O)(=O)N(OCc1ccccc1)c1ccc(C(=O)CN)cc1.Cl. The highest BCUT2D eigenvalue weighted by Crippen LogP contribution is 2.20. The molecule has 0 heterocycles. The van der Waals surface area contributed by atoms with Gasteiger partial charge in [-0.3, -0.25) is 9.63 Å². The second kappa shape index (κ2) is 8.79. The van der Waals surface area contributed by atoms with Gasteiger partial charge in [-0.2, -0.15) is 0 Å². The zero-order valence-corrected chi connectivity index (χ0v) is 14.7. The van der Waals surface area contributed by atoms with Crippen LogP contribution in [0.2, 0.25) is 0 Å². The lowest BCUT2D eigenvalue weighted by Crippen LogP contribution is -2.30. The Kier molecular flexibility index (Phi) is 7.37. The molecule has 0 spiro atoms. The number of hydrogen-bond acceptors (Lipinski definition) is 5. The van der Waals surface area contributed by atoms with Gasteiger partial charge in [0.25, 0.3) is 10.0 Å². The van der Waals surface area contributed by atoms with Gasteiger partial charge in [0.1, 0.15) is 6.61 Å². The zero-order valence-electron chi connectivity index (χ0n) is 13.1. The predicted molar refractivity (Wildman–Crippen MR) is 95.6 cm³/mol. The molecule has 0 aliphatic heterocycles. The number of sulfonamides is 1. The summed E-state index contributed by atoms with van der Waals surface area (Å²) < 4.78 is 24.7. The van der Waals surface area contributed by atoms with Gasteiger partial charge >= 0.3 is 0 Å². The quantitative estimate of drug-likeness (QED) is 0.595. The Labute approximate surface area is 147 Å². The maximum absolute atomic E-state index is 11.9. The lowest BCUT2D eigenvalue weighted by Gasteiger charge is -2.21. The first-order valence-electron chi connectivity index (χ1n) is 6.92. The smallest absolute Gasteiger partial charge is 0.254 e. The minimum absolute atomic E-state index is 0. The monoisotopic (exact) mass is 370 g/mol. The zero-order chi connectivity index (χ0) is 16.9. The van der Waals surface area contributed by atoms with E-state index in [-0.39, 0.29) is 31.3 Å². The number of ketones is 1. The van der Waals surface area contributed by atoms with Crippen molar-refractivity contribution in [1.29, 1.82) is 0 Å². The Balaban J connectivity index is 0.00000288. The van der Waals surface area contributed by atoms with Gasteiger partial charge in [0, 0.05) is 5.56 Å². The summed E-state index contributed by atoms with van der Waals surface area (Å²) in [5.74, 6) is -0.215. The molecule has 24 heavy (non-hydrogen) atoms.